The van der Waals surface area contributed by atoms with Gasteiger partial charge in [0, 0.05) is 41.6 Å². The Hall–Kier alpha value is -1.39. The van der Waals surface area contributed by atoms with E-state index in [1.807, 2.05) is 6.20 Å². The smallest absolute Gasteiger partial charge is 0.137 e. The van der Waals surface area contributed by atoms with Crippen LogP contribution >= 0.6 is 15.9 Å². The van der Waals surface area contributed by atoms with E-state index in [1.54, 1.807) is 0 Å². The summed E-state index contributed by atoms with van der Waals surface area (Å²) in [4.78, 5) is 6.76. The van der Waals surface area contributed by atoms with Crippen LogP contribution in [0.2, 0.25) is 0 Å². The van der Waals surface area contributed by atoms with Crippen LogP contribution in [0.25, 0.3) is 0 Å². The number of aromatic nitrogens is 1. The zero-order chi connectivity index (χ0) is 14.8. The molecule has 21 heavy (non-hydrogen) atoms. The van der Waals surface area contributed by atoms with Crippen molar-refractivity contribution in [2.45, 2.75) is 32.4 Å². The molecule has 3 nitrogen and oxygen atoms in total. The van der Waals surface area contributed by atoms with Gasteiger partial charge in [-0.3, -0.25) is 0 Å². The Labute approximate surface area is 134 Å². The maximum atomic E-state index is 4.61. The van der Waals surface area contributed by atoms with Crippen molar-refractivity contribution in [3.05, 3.63) is 52.1 Å². The summed E-state index contributed by atoms with van der Waals surface area (Å²) in [5.74, 6) is 1.01. The molecular formula is C17H20BrN3. The summed E-state index contributed by atoms with van der Waals surface area (Å²) in [7, 11) is 2.07. The van der Waals surface area contributed by atoms with Gasteiger partial charge in [-0.15, -0.1) is 0 Å². The van der Waals surface area contributed by atoms with Gasteiger partial charge < -0.3 is 10.2 Å². The van der Waals surface area contributed by atoms with Gasteiger partial charge >= 0.3 is 0 Å². The van der Waals surface area contributed by atoms with E-state index in [0.29, 0.717) is 6.04 Å². The van der Waals surface area contributed by atoms with E-state index >= 15 is 0 Å². The Morgan fingerprint density at radius 3 is 2.67 bits per heavy atom. The van der Waals surface area contributed by atoms with Gasteiger partial charge in [-0.25, -0.2) is 4.98 Å². The third-order valence-electron chi connectivity index (χ3n) is 3.81. The summed E-state index contributed by atoms with van der Waals surface area (Å²) in [6.07, 6.45) is 4.45. The quantitative estimate of drug-likeness (QED) is 0.881. The van der Waals surface area contributed by atoms with E-state index in [1.165, 1.54) is 24.0 Å². The Kier molecular flexibility index (Phi) is 4.27. The molecule has 1 aliphatic carbocycles. The average Bonchev–Trinajstić information content (AvgIpc) is 3.29. The van der Waals surface area contributed by atoms with Crippen LogP contribution in [0.15, 0.2) is 41.0 Å². The minimum Gasteiger partial charge on any atom is -0.329 e. The lowest BCUT2D eigenvalue weighted by Crippen LogP contribution is -2.20. The second-order valence-corrected chi connectivity index (χ2v) is 6.60. The van der Waals surface area contributed by atoms with Crippen molar-refractivity contribution in [2.75, 3.05) is 11.9 Å². The van der Waals surface area contributed by atoms with Gasteiger partial charge in [0.05, 0.1) is 0 Å². The minimum absolute atomic E-state index is 0.696. The number of hydrogen-bond acceptors (Lipinski definition) is 3. The minimum atomic E-state index is 0.696. The first-order chi connectivity index (χ1) is 10.1. The molecule has 0 amide bonds. The second-order valence-electron chi connectivity index (χ2n) is 5.69. The molecule has 0 unspecified atom stereocenters. The van der Waals surface area contributed by atoms with Crippen LogP contribution in [0.5, 0.6) is 0 Å². The highest BCUT2D eigenvalue weighted by Crippen LogP contribution is 2.28. The summed E-state index contributed by atoms with van der Waals surface area (Å²) < 4.78 is 1.02. The predicted octanol–water partition coefficient (Wildman–Crippen LogP) is 4.17. The maximum absolute atomic E-state index is 4.61. The first kappa shape index (κ1) is 14.5. The van der Waals surface area contributed by atoms with Gasteiger partial charge in [-0.05, 0) is 53.9 Å². The Bertz CT molecular complexity index is 620. The molecule has 1 heterocycles. The summed E-state index contributed by atoms with van der Waals surface area (Å²) in [5, 5.41) is 3.57. The molecule has 0 radical (unpaired) electrons. The molecule has 1 fully saturated rings. The van der Waals surface area contributed by atoms with Gasteiger partial charge in [-0.2, -0.15) is 0 Å². The molecular weight excluding hydrogens is 326 g/mol. The van der Waals surface area contributed by atoms with E-state index in [2.05, 4.69) is 75.4 Å². The summed E-state index contributed by atoms with van der Waals surface area (Å²) in [5.41, 5.74) is 3.65. The number of nitrogens with zero attached hydrogens (tertiary/aromatic N) is 2. The molecule has 1 aromatic heterocycles. The highest BCUT2D eigenvalue weighted by atomic mass is 79.9. The van der Waals surface area contributed by atoms with Crippen molar-refractivity contribution >= 4 is 27.4 Å². The number of aryl methyl sites for hydroxylation is 1. The Morgan fingerprint density at radius 2 is 2.00 bits per heavy atom. The monoisotopic (exact) mass is 345 g/mol. The predicted molar refractivity (Wildman–Crippen MR) is 91.0 cm³/mol. The lowest BCUT2D eigenvalue weighted by molar-refractivity contribution is 0.685. The molecule has 0 saturated heterocycles. The van der Waals surface area contributed by atoms with Crippen LogP contribution in [0.3, 0.4) is 0 Å². The van der Waals surface area contributed by atoms with E-state index in [4.69, 9.17) is 0 Å². The highest BCUT2D eigenvalue weighted by Gasteiger charge is 2.21. The van der Waals surface area contributed by atoms with Gasteiger partial charge in [0.1, 0.15) is 5.82 Å². The van der Waals surface area contributed by atoms with Crippen LogP contribution in [0, 0.1) is 6.92 Å². The van der Waals surface area contributed by atoms with Crippen molar-refractivity contribution < 1.29 is 0 Å². The van der Waals surface area contributed by atoms with E-state index in [0.717, 1.165) is 22.5 Å². The van der Waals surface area contributed by atoms with Crippen molar-refractivity contribution in [3.8, 4) is 0 Å². The van der Waals surface area contributed by atoms with Crippen LogP contribution < -0.4 is 10.2 Å². The third-order valence-corrected chi connectivity index (χ3v) is 4.24. The molecule has 0 spiro atoms. The molecule has 1 saturated carbocycles. The average molecular weight is 346 g/mol. The van der Waals surface area contributed by atoms with Crippen molar-refractivity contribution in [1.29, 1.82) is 0 Å². The van der Waals surface area contributed by atoms with Crippen LogP contribution in [0.4, 0.5) is 11.5 Å². The molecule has 0 aliphatic heterocycles. The van der Waals surface area contributed by atoms with E-state index in [-0.39, 0.29) is 0 Å². The molecule has 0 bridgehead atoms. The SMILES string of the molecule is Cc1ccc(N(C)c2ncc(Br)cc2CNC2CC2)cc1. The molecule has 3 rings (SSSR count). The zero-order valence-corrected chi connectivity index (χ0v) is 14.0. The van der Waals surface area contributed by atoms with Crippen LogP contribution in [-0.2, 0) is 6.54 Å². The molecule has 110 valence electrons. The summed E-state index contributed by atoms with van der Waals surface area (Å²) >= 11 is 3.53. The van der Waals surface area contributed by atoms with Gasteiger partial charge in [0.25, 0.3) is 0 Å². The number of nitrogens with one attached hydrogen (secondary N) is 1. The number of rotatable bonds is 5. The maximum Gasteiger partial charge on any atom is 0.137 e. The first-order valence-corrected chi connectivity index (χ1v) is 8.11. The third kappa shape index (κ3) is 3.63. The summed E-state index contributed by atoms with van der Waals surface area (Å²) in [6, 6.07) is 11.4. The number of pyridine rings is 1. The fraction of sp³-hybridized carbons (Fsp3) is 0.353. The first-order valence-electron chi connectivity index (χ1n) is 7.31. The Morgan fingerprint density at radius 1 is 1.29 bits per heavy atom. The topological polar surface area (TPSA) is 28.2 Å². The van der Waals surface area contributed by atoms with Gasteiger partial charge in [0.2, 0.25) is 0 Å². The van der Waals surface area contributed by atoms with Crippen LogP contribution in [-0.4, -0.2) is 18.1 Å². The molecule has 0 atom stereocenters. The number of halogens is 1. The second kappa shape index (κ2) is 6.16. The van der Waals surface area contributed by atoms with Crippen molar-refractivity contribution in [2.24, 2.45) is 0 Å². The lowest BCUT2D eigenvalue weighted by Gasteiger charge is -2.22. The molecule has 1 aliphatic rings. The Balaban J connectivity index is 1.86. The normalized spacial score (nSPS) is 14.2. The van der Waals surface area contributed by atoms with Crippen molar-refractivity contribution in [3.63, 3.8) is 0 Å². The van der Waals surface area contributed by atoms with E-state index < -0.39 is 0 Å². The number of hydrogen-bond donors (Lipinski definition) is 1. The van der Waals surface area contributed by atoms with Gasteiger partial charge in [0.15, 0.2) is 0 Å². The number of anilines is 2. The van der Waals surface area contributed by atoms with Gasteiger partial charge in [-0.1, -0.05) is 17.7 Å². The molecule has 1 aromatic carbocycles. The summed E-state index contributed by atoms with van der Waals surface area (Å²) in [6.45, 7) is 2.97. The van der Waals surface area contributed by atoms with E-state index in [9.17, 15) is 0 Å². The van der Waals surface area contributed by atoms with Crippen LogP contribution in [0.1, 0.15) is 24.0 Å². The highest BCUT2D eigenvalue weighted by molar-refractivity contribution is 9.10. The fourth-order valence-electron chi connectivity index (χ4n) is 2.34. The number of benzene rings is 1. The molecule has 4 heteroatoms. The molecule has 1 N–H and O–H groups in total. The lowest BCUT2D eigenvalue weighted by atomic mass is 10.2. The fourth-order valence-corrected chi connectivity index (χ4v) is 2.72. The largest absolute Gasteiger partial charge is 0.329 e. The molecule has 2 aromatic rings. The zero-order valence-electron chi connectivity index (χ0n) is 12.4. The van der Waals surface area contributed by atoms with Crippen molar-refractivity contribution in [1.82, 2.24) is 10.3 Å². The standard InChI is InChI=1S/C17H20BrN3/c1-12-3-7-16(8-4-12)21(2)17-13(9-14(18)11-20-17)10-19-15-5-6-15/h3-4,7-9,11,15,19H,5-6,10H2,1-2H3.